The van der Waals surface area contributed by atoms with E-state index < -0.39 is 0 Å². The molecule has 2 nitrogen and oxygen atoms in total. The van der Waals surface area contributed by atoms with Crippen LogP contribution in [0.25, 0.3) is 17.2 Å². The molecule has 3 fully saturated rings. The highest BCUT2D eigenvalue weighted by Gasteiger charge is 2.61. The van der Waals surface area contributed by atoms with E-state index in [9.17, 15) is 0 Å². The lowest BCUT2D eigenvalue weighted by molar-refractivity contribution is 0.0350. The summed E-state index contributed by atoms with van der Waals surface area (Å²) in [6.45, 7) is 2.52. The van der Waals surface area contributed by atoms with Crippen molar-refractivity contribution in [3.63, 3.8) is 0 Å². The Morgan fingerprint density at radius 2 is 1.38 bits per heavy atom. The molecule has 7 atom stereocenters. The molecule has 0 spiro atoms. The zero-order valence-corrected chi connectivity index (χ0v) is 30.5. The minimum absolute atomic E-state index is 0.247. The number of fused-ring (bicyclic) bond motifs is 6. The van der Waals surface area contributed by atoms with Crippen molar-refractivity contribution >= 4 is 34.5 Å². The topological polar surface area (TPSA) is 6.48 Å². The van der Waals surface area contributed by atoms with Crippen LogP contribution >= 0.6 is 0 Å². The first-order valence-electron chi connectivity index (χ1n) is 20.0. The molecule has 0 amide bonds. The van der Waals surface area contributed by atoms with Crippen molar-refractivity contribution in [2.45, 2.75) is 56.4 Å². The predicted octanol–water partition coefficient (Wildman–Crippen LogP) is 13.2. The summed E-state index contributed by atoms with van der Waals surface area (Å²) in [5.41, 5.74) is 14.8. The maximum atomic E-state index is 2.56. The van der Waals surface area contributed by atoms with Crippen LogP contribution in [0.2, 0.25) is 0 Å². The second-order valence-electron chi connectivity index (χ2n) is 16.8. The van der Waals surface area contributed by atoms with Crippen molar-refractivity contribution < 1.29 is 0 Å². The first kappa shape index (κ1) is 31.2. The number of benzene rings is 6. The van der Waals surface area contributed by atoms with E-state index in [1.807, 2.05) is 0 Å². The average Bonchev–Trinajstić information content (AvgIpc) is 3.69. The summed E-state index contributed by atoms with van der Waals surface area (Å²) in [7, 11) is 0. The summed E-state index contributed by atoms with van der Waals surface area (Å²) >= 11 is 0. The Bertz CT molecular complexity index is 2360. The molecule has 5 aliphatic rings. The van der Waals surface area contributed by atoms with Gasteiger partial charge in [-0.3, -0.25) is 0 Å². The Kier molecular flexibility index (Phi) is 7.13. The van der Waals surface area contributed by atoms with Gasteiger partial charge in [0.15, 0.2) is 0 Å². The quantitative estimate of drug-likeness (QED) is 0.172. The number of hydrogen-bond acceptors (Lipinski definition) is 2. The zero-order valence-electron chi connectivity index (χ0n) is 30.5. The molecule has 6 aromatic carbocycles. The fourth-order valence-corrected chi connectivity index (χ4v) is 11.9. The number of anilines is 5. The molecule has 0 N–H and O–H groups in total. The Labute approximate surface area is 314 Å². The molecule has 0 aromatic heterocycles. The summed E-state index contributed by atoms with van der Waals surface area (Å²) in [5, 5.41) is 0. The molecule has 2 bridgehead atoms. The monoisotopic (exact) mass is 686 g/mol. The lowest BCUT2D eigenvalue weighted by Gasteiger charge is -2.55. The normalized spacial score (nSPS) is 27.3. The third-order valence-corrected chi connectivity index (χ3v) is 13.8. The average molecular weight is 687 g/mol. The van der Waals surface area contributed by atoms with Gasteiger partial charge in [-0.05, 0) is 138 Å². The van der Waals surface area contributed by atoms with Crippen LogP contribution in [0.5, 0.6) is 0 Å². The third-order valence-electron chi connectivity index (χ3n) is 13.8. The van der Waals surface area contributed by atoms with Gasteiger partial charge >= 0.3 is 0 Å². The fourth-order valence-electron chi connectivity index (χ4n) is 11.9. The van der Waals surface area contributed by atoms with Crippen LogP contribution in [0.4, 0.5) is 28.4 Å². The van der Waals surface area contributed by atoms with E-state index in [-0.39, 0.29) is 6.04 Å². The Morgan fingerprint density at radius 1 is 0.623 bits per heavy atom. The van der Waals surface area contributed by atoms with Crippen LogP contribution in [0.15, 0.2) is 158 Å². The Morgan fingerprint density at radius 3 is 2.26 bits per heavy atom. The maximum Gasteiger partial charge on any atom is 0.0635 e. The van der Waals surface area contributed by atoms with Gasteiger partial charge in [-0.15, -0.1) is 0 Å². The van der Waals surface area contributed by atoms with E-state index in [0.29, 0.717) is 11.3 Å². The Hall–Kier alpha value is -5.34. The van der Waals surface area contributed by atoms with Gasteiger partial charge in [-0.1, -0.05) is 122 Å². The number of para-hydroxylation sites is 3. The minimum atomic E-state index is 0.247. The Balaban J connectivity index is 0.962. The van der Waals surface area contributed by atoms with Crippen molar-refractivity contribution in [3.8, 4) is 11.1 Å². The van der Waals surface area contributed by atoms with E-state index in [0.717, 1.165) is 23.7 Å². The molecule has 0 radical (unpaired) electrons. The van der Waals surface area contributed by atoms with Gasteiger partial charge in [0, 0.05) is 39.8 Å². The smallest absolute Gasteiger partial charge is 0.0635 e. The number of nitrogens with zero attached hydrogens (tertiary/aromatic N) is 2. The van der Waals surface area contributed by atoms with Gasteiger partial charge < -0.3 is 9.80 Å². The highest BCUT2D eigenvalue weighted by Crippen LogP contribution is 2.68. The molecule has 1 aliphatic heterocycles. The predicted molar refractivity (Wildman–Crippen MR) is 221 cm³/mol. The van der Waals surface area contributed by atoms with E-state index >= 15 is 0 Å². The molecular weight excluding hydrogens is 641 g/mol. The summed E-state index contributed by atoms with van der Waals surface area (Å²) in [6.07, 6.45) is 11.7. The molecule has 53 heavy (non-hydrogen) atoms. The van der Waals surface area contributed by atoms with Crippen molar-refractivity contribution in [1.82, 2.24) is 0 Å². The zero-order chi connectivity index (χ0) is 35.1. The van der Waals surface area contributed by atoms with Gasteiger partial charge in [-0.25, -0.2) is 0 Å². The van der Waals surface area contributed by atoms with Crippen molar-refractivity contribution in [2.24, 2.45) is 23.7 Å². The van der Waals surface area contributed by atoms with E-state index in [4.69, 9.17) is 0 Å². The molecule has 11 rings (SSSR count). The third kappa shape index (κ3) is 4.84. The standard InChI is InChI=1S/C51H46N2/c1-34-28-35-29-39-33-51(32-34,46(39)30-35)45-19-8-10-21-48(45)52(40-14-3-2-4-15-40)41-25-22-36(23-26-41)38-13-11-16-42(31-38)53-47-20-9-7-18-44(47)50-43-17-6-5-12-37(43)24-27-49(50)53/h2-27,31,34-35,39,46,49-50H,28-30,32-33H2,1H3/t34-,35?,39-,46?,49?,50?,51?/m0/s1. The molecule has 5 unspecified atom stereocenters. The van der Waals surface area contributed by atoms with Crippen molar-refractivity contribution in [1.29, 1.82) is 0 Å². The van der Waals surface area contributed by atoms with Crippen LogP contribution in [0, 0.1) is 23.7 Å². The van der Waals surface area contributed by atoms with Crippen LogP contribution in [-0.4, -0.2) is 6.04 Å². The molecule has 260 valence electrons. The summed E-state index contributed by atoms with van der Waals surface area (Å²) < 4.78 is 0. The van der Waals surface area contributed by atoms with Crippen LogP contribution in [-0.2, 0) is 5.41 Å². The largest absolute Gasteiger partial charge is 0.333 e. The highest BCUT2D eigenvalue weighted by atomic mass is 15.2. The first-order chi connectivity index (χ1) is 26.1. The van der Waals surface area contributed by atoms with E-state index in [1.165, 1.54) is 88.4 Å². The van der Waals surface area contributed by atoms with Gasteiger partial charge in [0.25, 0.3) is 0 Å². The van der Waals surface area contributed by atoms with Crippen LogP contribution < -0.4 is 9.80 Å². The van der Waals surface area contributed by atoms with Crippen molar-refractivity contribution in [3.05, 3.63) is 180 Å². The SMILES string of the molecule is C[C@H]1CC2CC3[C@@H](C2)CC3(c2ccccc2N(c2ccccc2)c2ccc(-c3cccc(N4c5ccccc5C5c6ccccc6C=CC54)c3)cc2)C1. The first-order valence-corrected chi connectivity index (χ1v) is 20.0. The van der Waals surface area contributed by atoms with Gasteiger partial charge in [0.05, 0.1) is 6.04 Å². The van der Waals surface area contributed by atoms with Gasteiger partial charge in [-0.2, -0.15) is 0 Å². The molecule has 3 saturated carbocycles. The van der Waals surface area contributed by atoms with Crippen molar-refractivity contribution in [2.75, 3.05) is 9.80 Å². The van der Waals surface area contributed by atoms with E-state index in [2.05, 4.69) is 181 Å². The maximum absolute atomic E-state index is 2.56. The number of hydrogen-bond donors (Lipinski definition) is 0. The second kappa shape index (κ2) is 12.1. The molecule has 6 aromatic rings. The fraction of sp³-hybridized carbons (Fsp3) is 0.255. The molecular formula is C51H46N2. The molecule has 2 heteroatoms. The van der Waals surface area contributed by atoms with Gasteiger partial charge in [0.1, 0.15) is 0 Å². The van der Waals surface area contributed by atoms with Crippen LogP contribution in [0.1, 0.15) is 67.2 Å². The minimum Gasteiger partial charge on any atom is -0.333 e. The molecule has 1 heterocycles. The highest BCUT2D eigenvalue weighted by molar-refractivity contribution is 5.83. The summed E-state index contributed by atoms with van der Waals surface area (Å²) in [6, 6.07) is 57.1. The summed E-state index contributed by atoms with van der Waals surface area (Å²) in [5.74, 6) is 3.80. The second-order valence-corrected chi connectivity index (χ2v) is 16.8. The van der Waals surface area contributed by atoms with Crippen LogP contribution in [0.3, 0.4) is 0 Å². The molecule has 4 aliphatic carbocycles. The lowest BCUT2D eigenvalue weighted by Crippen LogP contribution is -2.50. The molecule has 0 saturated heterocycles. The van der Waals surface area contributed by atoms with Gasteiger partial charge in [0.2, 0.25) is 0 Å². The van der Waals surface area contributed by atoms with E-state index in [1.54, 1.807) is 5.56 Å². The number of rotatable bonds is 6. The lowest BCUT2D eigenvalue weighted by atomic mass is 9.49. The summed E-state index contributed by atoms with van der Waals surface area (Å²) in [4.78, 5) is 5.10.